The summed E-state index contributed by atoms with van der Waals surface area (Å²) in [5, 5.41) is 14.4. The fourth-order valence-corrected chi connectivity index (χ4v) is 4.14. The van der Waals surface area contributed by atoms with Crippen molar-refractivity contribution in [2.24, 2.45) is 5.92 Å². The number of benzene rings is 2. The number of aromatic nitrogens is 3. The van der Waals surface area contributed by atoms with Crippen LogP contribution >= 0.6 is 11.8 Å². The average Bonchev–Trinajstić information content (AvgIpc) is 3.23. The zero-order chi connectivity index (χ0) is 26.3. The third-order valence-corrected chi connectivity index (χ3v) is 6.10. The van der Waals surface area contributed by atoms with Crippen molar-refractivity contribution in [1.29, 1.82) is 0 Å². The SMILES string of the molecule is C=CCn1c(SCC(=O)Nc2cccc(C(F)(F)F)c2)nnc1[C@H](NC(=O)c1ccccc1)C(C)C. The van der Waals surface area contributed by atoms with E-state index in [1.807, 2.05) is 19.9 Å². The van der Waals surface area contributed by atoms with Crippen molar-refractivity contribution >= 4 is 29.3 Å². The number of allylic oxidation sites excluding steroid dienone is 1. The molecule has 3 rings (SSSR count). The van der Waals surface area contributed by atoms with Crippen LogP contribution in [0, 0.1) is 5.92 Å². The summed E-state index contributed by atoms with van der Waals surface area (Å²) in [6, 6.07) is 12.8. The minimum Gasteiger partial charge on any atom is -0.342 e. The summed E-state index contributed by atoms with van der Waals surface area (Å²) in [6.07, 6.45) is -2.86. The van der Waals surface area contributed by atoms with E-state index >= 15 is 0 Å². The second-order valence-electron chi connectivity index (χ2n) is 8.22. The predicted molar refractivity (Wildman–Crippen MR) is 133 cm³/mol. The van der Waals surface area contributed by atoms with Crippen LogP contribution in [0.1, 0.15) is 41.6 Å². The molecule has 7 nitrogen and oxygen atoms in total. The van der Waals surface area contributed by atoms with Crippen LogP contribution in [0.4, 0.5) is 18.9 Å². The van der Waals surface area contributed by atoms with Crippen LogP contribution in [0.3, 0.4) is 0 Å². The minimum absolute atomic E-state index is 0.0208. The molecule has 3 aromatic rings. The number of halogens is 3. The zero-order valence-electron chi connectivity index (χ0n) is 19.7. The van der Waals surface area contributed by atoms with Gasteiger partial charge in [-0.05, 0) is 36.2 Å². The number of anilines is 1. The Morgan fingerprint density at radius 3 is 2.47 bits per heavy atom. The first-order valence-electron chi connectivity index (χ1n) is 11.1. The molecule has 1 heterocycles. The largest absolute Gasteiger partial charge is 0.416 e. The smallest absolute Gasteiger partial charge is 0.342 e. The van der Waals surface area contributed by atoms with Gasteiger partial charge in [-0.2, -0.15) is 13.2 Å². The molecule has 0 saturated carbocycles. The second-order valence-corrected chi connectivity index (χ2v) is 9.16. The van der Waals surface area contributed by atoms with Gasteiger partial charge in [0.15, 0.2) is 11.0 Å². The lowest BCUT2D eigenvalue weighted by atomic mass is 10.0. The van der Waals surface area contributed by atoms with Gasteiger partial charge in [-0.1, -0.05) is 56.0 Å². The number of nitrogens with one attached hydrogen (secondary N) is 2. The Morgan fingerprint density at radius 1 is 1.11 bits per heavy atom. The molecule has 0 aliphatic heterocycles. The topological polar surface area (TPSA) is 88.9 Å². The van der Waals surface area contributed by atoms with Gasteiger partial charge in [-0.15, -0.1) is 16.8 Å². The van der Waals surface area contributed by atoms with Crippen molar-refractivity contribution < 1.29 is 22.8 Å². The molecular formula is C25H26F3N5O2S. The van der Waals surface area contributed by atoms with E-state index in [0.717, 1.165) is 23.9 Å². The summed E-state index contributed by atoms with van der Waals surface area (Å²) in [5.74, 6) is -0.361. The van der Waals surface area contributed by atoms with Crippen molar-refractivity contribution in [3.63, 3.8) is 0 Å². The minimum atomic E-state index is -4.50. The van der Waals surface area contributed by atoms with E-state index in [2.05, 4.69) is 27.4 Å². The molecule has 2 N–H and O–H groups in total. The van der Waals surface area contributed by atoms with E-state index < -0.39 is 23.7 Å². The number of thioether (sulfide) groups is 1. The van der Waals surface area contributed by atoms with Crippen LogP contribution in [0.25, 0.3) is 0 Å². The monoisotopic (exact) mass is 517 g/mol. The van der Waals surface area contributed by atoms with Crippen LogP contribution < -0.4 is 10.6 Å². The summed E-state index contributed by atoms with van der Waals surface area (Å²) in [6.45, 7) is 7.99. The van der Waals surface area contributed by atoms with E-state index in [1.165, 1.54) is 12.1 Å². The third-order valence-electron chi connectivity index (χ3n) is 5.13. The molecule has 0 aliphatic carbocycles. The number of rotatable bonds is 10. The zero-order valence-corrected chi connectivity index (χ0v) is 20.6. The van der Waals surface area contributed by atoms with Crippen LogP contribution in [0.5, 0.6) is 0 Å². The maximum Gasteiger partial charge on any atom is 0.416 e. The lowest BCUT2D eigenvalue weighted by molar-refractivity contribution is -0.137. The number of nitrogens with zero attached hydrogens (tertiary/aromatic N) is 3. The van der Waals surface area contributed by atoms with Crippen LogP contribution in [0.2, 0.25) is 0 Å². The van der Waals surface area contributed by atoms with Crippen LogP contribution in [0.15, 0.2) is 72.4 Å². The fourth-order valence-electron chi connectivity index (χ4n) is 3.38. The Balaban J connectivity index is 1.73. The number of hydrogen-bond acceptors (Lipinski definition) is 5. The molecule has 0 spiro atoms. The quantitative estimate of drug-likeness (QED) is 0.280. The van der Waals surface area contributed by atoms with Gasteiger partial charge < -0.3 is 15.2 Å². The van der Waals surface area contributed by atoms with Gasteiger partial charge >= 0.3 is 6.18 Å². The van der Waals surface area contributed by atoms with Gasteiger partial charge in [0.25, 0.3) is 5.91 Å². The highest BCUT2D eigenvalue weighted by atomic mass is 32.2. The molecule has 0 fully saturated rings. The summed E-state index contributed by atoms with van der Waals surface area (Å²) < 4.78 is 40.5. The van der Waals surface area contributed by atoms with E-state index in [1.54, 1.807) is 34.9 Å². The normalized spacial score (nSPS) is 12.3. The first kappa shape index (κ1) is 27.0. The highest BCUT2D eigenvalue weighted by Gasteiger charge is 2.30. The highest BCUT2D eigenvalue weighted by molar-refractivity contribution is 7.99. The molecule has 0 radical (unpaired) electrons. The number of alkyl halides is 3. The molecule has 2 aromatic carbocycles. The molecule has 0 unspecified atom stereocenters. The standard InChI is InChI=1S/C25H26F3N5O2S/c1-4-13-33-22(21(16(2)3)30-23(35)17-9-6-5-7-10-17)31-32-24(33)36-15-20(34)29-19-12-8-11-18(14-19)25(26,27)28/h4-12,14,16,21H,1,13,15H2,2-3H3,(H,29,34)(H,30,35)/t21-/m1/s1. The third kappa shape index (κ3) is 6.97. The Labute approximate surface area is 211 Å². The molecule has 0 aliphatic rings. The van der Waals surface area contributed by atoms with Crippen molar-refractivity contribution in [3.05, 3.63) is 84.2 Å². The molecule has 1 aromatic heterocycles. The Bertz CT molecular complexity index is 1210. The maximum atomic E-state index is 12.9. The number of hydrogen-bond donors (Lipinski definition) is 2. The van der Waals surface area contributed by atoms with Crippen molar-refractivity contribution in [1.82, 2.24) is 20.1 Å². The summed E-state index contributed by atoms with van der Waals surface area (Å²) >= 11 is 1.08. The molecular weight excluding hydrogens is 491 g/mol. The van der Waals surface area contributed by atoms with Crippen molar-refractivity contribution in [2.45, 2.75) is 37.8 Å². The maximum absolute atomic E-state index is 12.9. The predicted octanol–water partition coefficient (Wildman–Crippen LogP) is 5.34. The Morgan fingerprint density at radius 2 is 1.83 bits per heavy atom. The molecule has 0 bridgehead atoms. The van der Waals surface area contributed by atoms with Gasteiger partial charge in [0.1, 0.15) is 0 Å². The van der Waals surface area contributed by atoms with E-state index in [0.29, 0.717) is 23.1 Å². The summed E-state index contributed by atoms with van der Waals surface area (Å²) in [7, 11) is 0. The molecule has 0 saturated heterocycles. The Kier molecular flexibility index (Phi) is 8.92. The van der Waals surface area contributed by atoms with Gasteiger partial charge in [-0.25, -0.2) is 0 Å². The first-order chi connectivity index (χ1) is 17.1. The van der Waals surface area contributed by atoms with Gasteiger partial charge in [-0.3, -0.25) is 9.59 Å². The van der Waals surface area contributed by atoms with E-state index in [-0.39, 0.29) is 23.3 Å². The van der Waals surface area contributed by atoms with Crippen molar-refractivity contribution in [3.8, 4) is 0 Å². The molecule has 11 heteroatoms. The first-order valence-corrected chi connectivity index (χ1v) is 12.1. The molecule has 190 valence electrons. The highest BCUT2D eigenvalue weighted by Crippen LogP contribution is 2.31. The number of amides is 2. The van der Waals surface area contributed by atoms with Crippen LogP contribution in [-0.4, -0.2) is 32.3 Å². The lowest BCUT2D eigenvalue weighted by Gasteiger charge is -2.22. The average molecular weight is 518 g/mol. The molecule has 36 heavy (non-hydrogen) atoms. The van der Waals surface area contributed by atoms with Gasteiger partial charge in [0.05, 0.1) is 17.4 Å². The molecule has 2 amide bonds. The van der Waals surface area contributed by atoms with E-state index in [9.17, 15) is 22.8 Å². The Hall–Kier alpha value is -3.60. The van der Waals surface area contributed by atoms with Gasteiger partial charge in [0.2, 0.25) is 5.91 Å². The van der Waals surface area contributed by atoms with Crippen molar-refractivity contribution in [2.75, 3.05) is 11.1 Å². The summed E-state index contributed by atoms with van der Waals surface area (Å²) in [5.41, 5.74) is -0.286. The number of carbonyl (C=O) groups is 2. The second kappa shape index (κ2) is 11.9. The van der Waals surface area contributed by atoms with Gasteiger partial charge in [0, 0.05) is 17.8 Å². The van der Waals surface area contributed by atoms with E-state index in [4.69, 9.17) is 0 Å². The summed E-state index contributed by atoms with van der Waals surface area (Å²) in [4.78, 5) is 25.2. The van der Waals surface area contributed by atoms with Crippen LogP contribution in [-0.2, 0) is 17.5 Å². The molecule has 1 atom stereocenters. The fraction of sp³-hybridized carbons (Fsp3) is 0.280. The number of carbonyl (C=O) groups excluding carboxylic acids is 2. The lowest BCUT2D eigenvalue weighted by Crippen LogP contribution is -2.33.